The second kappa shape index (κ2) is 7.05. The molecule has 0 spiro atoms. The highest BCUT2D eigenvalue weighted by Crippen LogP contribution is 2.25. The second-order valence-corrected chi connectivity index (χ2v) is 6.43. The Balaban J connectivity index is 1.55. The quantitative estimate of drug-likeness (QED) is 0.899. The van der Waals surface area contributed by atoms with E-state index in [1.54, 1.807) is 0 Å². The first-order valence-electron chi connectivity index (χ1n) is 8.39. The molecule has 0 saturated carbocycles. The van der Waals surface area contributed by atoms with Crippen molar-refractivity contribution >= 4 is 17.4 Å². The number of hydrogen-bond acceptors (Lipinski definition) is 3. The van der Waals surface area contributed by atoms with Gasteiger partial charge >= 0.3 is 0 Å². The summed E-state index contributed by atoms with van der Waals surface area (Å²) >= 11 is 0. The van der Waals surface area contributed by atoms with Crippen molar-refractivity contribution in [3.8, 4) is 0 Å². The molecule has 3 rings (SSSR count). The maximum Gasteiger partial charge on any atom is 0.224 e. The molecule has 1 aliphatic carbocycles. The number of carbonyl (C=O) groups is 2. The Morgan fingerprint density at radius 3 is 2.86 bits per heavy atom. The van der Waals surface area contributed by atoms with Gasteiger partial charge in [-0.15, -0.1) is 0 Å². The highest BCUT2D eigenvalue weighted by molar-refractivity contribution is 6.00. The lowest BCUT2D eigenvalue weighted by Gasteiger charge is -2.22. The van der Waals surface area contributed by atoms with Gasteiger partial charge in [0.05, 0.1) is 0 Å². The number of piperidine rings is 1. The molecule has 2 aliphatic rings. The van der Waals surface area contributed by atoms with Crippen molar-refractivity contribution in [3.63, 3.8) is 0 Å². The van der Waals surface area contributed by atoms with Crippen LogP contribution < -0.4 is 10.6 Å². The molecule has 1 saturated heterocycles. The number of anilines is 1. The maximum absolute atomic E-state index is 12.1. The summed E-state index contributed by atoms with van der Waals surface area (Å²) in [5.41, 5.74) is 2.66. The molecule has 22 heavy (non-hydrogen) atoms. The Bertz CT molecular complexity index is 562. The Hall–Kier alpha value is -1.68. The molecule has 0 bridgehead atoms. The van der Waals surface area contributed by atoms with Crippen LogP contribution in [0, 0.1) is 5.92 Å². The Labute approximate surface area is 131 Å². The van der Waals surface area contributed by atoms with E-state index in [-0.39, 0.29) is 11.7 Å². The number of rotatable bonds is 4. The van der Waals surface area contributed by atoms with Gasteiger partial charge < -0.3 is 10.6 Å². The molecule has 0 aromatic heterocycles. The normalized spacial score (nSPS) is 18.8. The lowest BCUT2D eigenvalue weighted by molar-refractivity contribution is -0.116. The minimum Gasteiger partial charge on any atom is -0.326 e. The summed E-state index contributed by atoms with van der Waals surface area (Å²) in [4.78, 5) is 24.0. The number of hydrogen-bond donors (Lipinski definition) is 2. The van der Waals surface area contributed by atoms with E-state index in [4.69, 9.17) is 0 Å². The van der Waals surface area contributed by atoms with E-state index < -0.39 is 0 Å². The van der Waals surface area contributed by atoms with Crippen molar-refractivity contribution in [2.24, 2.45) is 5.92 Å². The van der Waals surface area contributed by atoms with Gasteiger partial charge in [-0.05, 0) is 68.8 Å². The molecule has 118 valence electrons. The molecule has 1 aromatic carbocycles. The van der Waals surface area contributed by atoms with Crippen LogP contribution in [-0.2, 0) is 11.2 Å². The highest BCUT2D eigenvalue weighted by Gasteiger charge is 2.18. The van der Waals surface area contributed by atoms with Crippen molar-refractivity contribution in [2.45, 2.75) is 44.9 Å². The van der Waals surface area contributed by atoms with Crippen LogP contribution in [0.5, 0.6) is 0 Å². The summed E-state index contributed by atoms with van der Waals surface area (Å²) in [5, 5.41) is 6.29. The SMILES string of the molecule is O=C(CCC1CCNCC1)Nc1ccc2c(c1)C(=O)CCC2. The number of Topliss-reactive ketones (excluding diaryl/α,β-unsaturated/α-hetero) is 1. The summed E-state index contributed by atoms with van der Waals surface area (Å²) in [5.74, 6) is 0.922. The highest BCUT2D eigenvalue weighted by atomic mass is 16.1. The molecule has 2 N–H and O–H groups in total. The van der Waals surface area contributed by atoms with Crippen LogP contribution in [0.2, 0.25) is 0 Å². The van der Waals surface area contributed by atoms with Gasteiger partial charge in [-0.2, -0.15) is 0 Å². The first-order valence-corrected chi connectivity index (χ1v) is 8.39. The average Bonchev–Trinajstić information content (AvgIpc) is 2.55. The number of nitrogens with one attached hydrogen (secondary N) is 2. The van der Waals surface area contributed by atoms with Crippen molar-refractivity contribution in [1.29, 1.82) is 0 Å². The molecule has 0 unspecified atom stereocenters. The Kier molecular flexibility index (Phi) is 4.88. The van der Waals surface area contributed by atoms with Crippen LogP contribution in [0.4, 0.5) is 5.69 Å². The van der Waals surface area contributed by atoms with Crippen LogP contribution >= 0.6 is 0 Å². The largest absolute Gasteiger partial charge is 0.326 e. The summed E-state index contributed by atoms with van der Waals surface area (Å²) in [6, 6.07) is 5.74. The Morgan fingerprint density at radius 1 is 1.23 bits per heavy atom. The van der Waals surface area contributed by atoms with Gasteiger partial charge in [-0.3, -0.25) is 9.59 Å². The van der Waals surface area contributed by atoms with E-state index in [0.29, 0.717) is 18.8 Å². The molecule has 4 nitrogen and oxygen atoms in total. The third-order valence-electron chi connectivity index (χ3n) is 4.78. The van der Waals surface area contributed by atoms with Crippen LogP contribution in [-0.4, -0.2) is 24.8 Å². The number of benzene rings is 1. The van der Waals surface area contributed by atoms with Crippen LogP contribution in [0.1, 0.15) is 54.4 Å². The van der Waals surface area contributed by atoms with Gasteiger partial charge in [0.2, 0.25) is 5.91 Å². The predicted molar refractivity (Wildman–Crippen MR) is 87.2 cm³/mol. The van der Waals surface area contributed by atoms with Crippen LogP contribution in [0.3, 0.4) is 0 Å². The van der Waals surface area contributed by atoms with E-state index in [0.717, 1.165) is 49.2 Å². The number of fused-ring (bicyclic) bond motifs is 1. The summed E-state index contributed by atoms with van der Waals surface area (Å²) < 4.78 is 0. The third kappa shape index (κ3) is 3.74. The summed E-state index contributed by atoms with van der Waals surface area (Å²) in [7, 11) is 0. The fourth-order valence-electron chi connectivity index (χ4n) is 3.43. The zero-order valence-corrected chi connectivity index (χ0v) is 13.0. The number of aryl methyl sites for hydroxylation is 1. The molecule has 1 aromatic rings. The molecular weight excluding hydrogens is 276 g/mol. The summed E-state index contributed by atoms with van der Waals surface area (Å²) in [6.45, 7) is 2.14. The molecule has 1 amide bonds. The fraction of sp³-hybridized carbons (Fsp3) is 0.556. The predicted octanol–water partition coefficient (Wildman–Crippen LogP) is 2.92. The van der Waals surface area contributed by atoms with Gasteiger partial charge in [0, 0.05) is 24.1 Å². The van der Waals surface area contributed by atoms with Gasteiger partial charge in [-0.1, -0.05) is 6.07 Å². The minimum atomic E-state index is 0.0572. The zero-order chi connectivity index (χ0) is 15.4. The van der Waals surface area contributed by atoms with E-state index in [1.807, 2.05) is 18.2 Å². The molecule has 1 aliphatic heterocycles. The van der Waals surface area contributed by atoms with Crippen molar-refractivity contribution < 1.29 is 9.59 Å². The minimum absolute atomic E-state index is 0.0572. The zero-order valence-electron chi connectivity index (χ0n) is 13.0. The number of carbonyl (C=O) groups excluding carboxylic acids is 2. The van der Waals surface area contributed by atoms with E-state index in [2.05, 4.69) is 10.6 Å². The molecule has 0 radical (unpaired) electrons. The molecule has 1 heterocycles. The fourth-order valence-corrected chi connectivity index (χ4v) is 3.43. The monoisotopic (exact) mass is 300 g/mol. The average molecular weight is 300 g/mol. The number of ketones is 1. The van der Waals surface area contributed by atoms with Crippen molar-refractivity contribution in [1.82, 2.24) is 5.32 Å². The van der Waals surface area contributed by atoms with Crippen LogP contribution in [0.25, 0.3) is 0 Å². The van der Waals surface area contributed by atoms with E-state index in [1.165, 1.54) is 12.8 Å². The standard InChI is InChI=1S/C18H24N2O2/c21-17-3-1-2-14-5-6-15(12-16(14)17)20-18(22)7-4-13-8-10-19-11-9-13/h5-6,12-13,19H,1-4,7-11H2,(H,20,22). The van der Waals surface area contributed by atoms with Gasteiger partial charge in [0.15, 0.2) is 5.78 Å². The van der Waals surface area contributed by atoms with Crippen molar-refractivity contribution in [2.75, 3.05) is 18.4 Å². The second-order valence-electron chi connectivity index (χ2n) is 6.43. The lowest BCUT2D eigenvalue weighted by atomic mass is 9.90. The van der Waals surface area contributed by atoms with E-state index in [9.17, 15) is 9.59 Å². The number of amides is 1. The lowest BCUT2D eigenvalue weighted by Crippen LogP contribution is -2.28. The first kappa shape index (κ1) is 15.2. The summed E-state index contributed by atoms with van der Waals surface area (Å²) in [6.07, 6.45) is 6.38. The van der Waals surface area contributed by atoms with Crippen LogP contribution in [0.15, 0.2) is 18.2 Å². The third-order valence-corrected chi connectivity index (χ3v) is 4.78. The molecular formula is C18H24N2O2. The maximum atomic E-state index is 12.1. The first-order chi connectivity index (χ1) is 10.7. The van der Waals surface area contributed by atoms with Gasteiger partial charge in [-0.25, -0.2) is 0 Å². The smallest absolute Gasteiger partial charge is 0.224 e. The topological polar surface area (TPSA) is 58.2 Å². The molecule has 4 heteroatoms. The van der Waals surface area contributed by atoms with E-state index >= 15 is 0 Å². The Morgan fingerprint density at radius 2 is 2.05 bits per heavy atom. The molecule has 1 fully saturated rings. The van der Waals surface area contributed by atoms with Crippen molar-refractivity contribution in [3.05, 3.63) is 29.3 Å². The van der Waals surface area contributed by atoms with Gasteiger partial charge in [0.1, 0.15) is 0 Å². The molecule has 0 atom stereocenters. The van der Waals surface area contributed by atoms with Gasteiger partial charge in [0.25, 0.3) is 0 Å².